The molecule has 1 aromatic rings. The quantitative estimate of drug-likeness (QED) is 0.801. The highest BCUT2D eigenvalue weighted by Gasteiger charge is 2.33. The predicted octanol–water partition coefficient (Wildman–Crippen LogP) is 2.73. The van der Waals surface area contributed by atoms with Crippen LogP contribution in [0.3, 0.4) is 0 Å². The zero-order valence-electron chi connectivity index (χ0n) is 10.5. The highest BCUT2D eigenvalue weighted by atomic mass is 35.5. The van der Waals surface area contributed by atoms with Crippen molar-refractivity contribution in [3.05, 3.63) is 33.8 Å². The summed E-state index contributed by atoms with van der Waals surface area (Å²) in [6, 6.07) is 4.84. The standard InChI is InChI=1S/C13H16Cl2N2O2/c1-7-2-11(7)17-13(19)16-6-12(18)8-3-9(14)5-10(15)4-8/h3-5,7,11-12,18H,2,6H2,1H3,(H2,16,17,19). The van der Waals surface area contributed by atoms with E-state index in [1.54, 1.807) is 18.2 Å². The van der Waals surface area contributed by atoms with E-state index in [-0.39, 0.29) is 18.6 Å². The Morgan fingerprint density at radius 1 is 1.42 bits per heavy atom. The molecular weight excluding hydrogens is 287 g/mol. The average molecular weight is 303 g/mol. The van der Waals surface area contributed by atoms with Crippen molar-refractivity contribution in [2.45, 2.75) is 25.5 Å². The molecule has 104 valence electrons. The van der Waals surface area contributed by atoms with Crippen LogP contribution in [0.5, 0.6) is 0 Å². The molecule has 0 bridgehead atoms. The van der Waals surface area contributed by atoms with Crippen molar-refractivity contribution in [1.82, 2.24) is 10.6 Å². The number of rotatable bonds is 4. The zero-order valence-corrected chi connectivity index (χ0v) is 12.0. The molecule has 2 amide bonds. The van der Waals surface area contributed by atoms with Crippen molar-refractivity contribution in [3.63, 3.8) is 0 Å². The van der Waals surface area contributed by atoms with Crippen molar-refractivity contribution in [2.24, 2.45) is 5.92 Å². The molecule has 6 heteroatoms. The SMILES string of the molecule is CC1CC1NC(=O)NCC(O)c1cc(Cl)cc(Cl)c1. The van der Waals surface area contributed by atoms with Crippen LogP contribution in [0.2, 0.25) is 10.0 Å². The molecule has 0 radical (unpaired) electrons. The van der Waals surface area contributed by atoms with Gasteiger partial charge in [0.2, 0.25) is 0 Å². The molecule has 4 nitrogen and oxygen atoms in total. The second kappa shape index (κ2) is 5.99. The molecule has 1 aromatic carbocycles. The van der Waals surface area contributed by atoms with Gasteiger partial charge in [0.1, 0.15) is 0 Å². The van der Waals surface area contributed by atoms with E-state index in [1.807, 2.05) is 0 Å². The fourth-order valence-corrected chi connectivity index (χ4v) is 2.36. The third-order valence-corrected chi connectivity index (χ3v) is 3.59. The van der Waals surface area contributed by atoms with Gasteiger partial charge in [0, 0.05) is 22.6 Å². The molecule has 0 aliphatic heterocycles. The van der Waals surface area contributed by atoms with Gasteiger partial charge in [-0.3, -0.25) is 0 Å². The van der Waals surface area contributed by atoms with Gasteiger partial charge in [-0.1, -0.05) is 30.1 Å². The Morgan fingerprint density at radius 3 is 2.53 bits per heavy atom. The number of urea groups is 1. The molecule has 0 saturated heterocycles. The highest BCUT2D eigenvalue weighted by Crippen LogP contribution is 2.28. The van der Waals surface area contributed by atoms with Gasteiger partial charge < -0.3 is 15.7 Å². The lowest BCUT2D eigenvalue weighted by Crippen LogP contribution is -2.39. The van der Waals surface area contributed by atoms with Crippen LogP contribution in [0.1, 0.15) is 25.0 Å². The van der Waals surface area contributed by atoms with E-state index in [9.17, 15) is 9.90 Å². The summed E-state index contributed by atoms with van der Waals surface area (Å²) in [7, 11) is 0. The van der Waals surface area contributed by atoms with Crippen LogP contribution in [-0.2, 0) is 0 Å². The Balaban J connectivity index is 1.83. The number of benzene rings is 1. The first-order chi connectivity index (χ1) is 8.95. The molecule has 3 atom stereocenters. The van der Waals surface area contributed by atoms with Gasteiger partial charge in [-0.2, -0.15) is 0 Å². The van der Waals surface area contributed by atoms with E-state index >= 15 is 0 Å². The van der Waals surface area contributed by atoms with Crippen molar-refractivity contribution < 1.29 is 9.90 Å². The van der Waals surface area contributed by atoms with Gasteiger partial charge in [0.05, 0.1) is 6.10 Å². The molecule has 1 saturated carbocycles. The van der Waals surface area contributed by atoms with E-state index in [4.69, 9.17) is 23.2 Å². The number of aliphatic hydroxyl groups is 1. The maximum Gasteiger partial charge on any atom is 0.315 e. The summed E-state index contributed by atoms with van der Waals surface area (Å²) < 4.78 is 0. The van der Waals surface area contributed by atoms with Crippen LogP contribution in [0.4, 0.5) is 4.79 Å². The van der Waals surface area contributed by atoms with Crippen molar-refractivity contribution in [2.75, 3.05) is 6.54 Å². The molecule has 0 aromatic heterocycles. The summed E-state index contributed by atoms with van der Waals surface area (Å²) in [5, 5.41) is 16.3. The number of amides is 2. The lowest BCUT2D eigenvalue weighted by Gasteiger charge is -2.13. The molecule has 0 heterocycles. The highest BCUT2D eigenvalue weighted by molar-refractivity contribution is 6.34. The molecule has 3 unspecified atom stereocenters. The van der Waals surface area contributed by atoms with Gasteiger partial charge in [-0.15, -0.1) is 0 Å². The first-order valence-electron chi connectivity index (χ1n) is 6.14. The zero-order chi connectivity index (χ0) is 14.0. The number of halogens is 2. The van der Waals surface area contributed by atoms with E-state index in [0.717, 1.165) is 6.42 Å². The number of hydrogen-bond donors (Lipinski definition) is 3. The van der Waals surface area contributed by atoms with Crippen LogP contribution in [0, 0.1) is 5.92 Å². The van der Waals surface area contributed by atoms with Gasteiger partial charge in [-0.25, -0.2) is 4.79 Å². The van der Waals surface area contributed by atoms with Crippen molar-refractivity contribution in [1.29, 1.82) is 0 Å². The number of carbonyl (C=O) groups is 1. The van der Waals surface area contributed by atoms with Crippen LogP contribution in [0.25, 0.3) is 0 Å². The smallest absolute Gasteiger partial charge is 0.315 e. The molecule has 1 fully saturated rings. The summed E-state index contributed by atoms with van der Waals surface area (Å²) >= 11 is 11.7. The minimum absolute atomic E-state index is 0.115. The largest absolute Gasteiger partial charge is 0.387 e. The maximum atomic E-state index is 11.5. The lowest BCUT2D eigenvalue weighted by atomic mass is 10.1. The van der Waals surface area contributed by atoms with E-state index in [0.29, 0.717) is 21.5 Å². The minimum atomic E-state index is -0.835. The first-order valence-corrected chi connectivity index (χ1v) is 6.89. The first kappa shape index (κ1) is 14.4. The lowest BCUT2D eigenvalue weighted by molar-refractivity contribution is 0.173. The second-order valence-corrected chi connectivity index (χ2v) is 5.77. The molecule has 1 aliphatic rings. The Kier molecular flexibility index (Phi) is 4.55. The maximum absolute atomic E-state index is 11.5. The number of hydrogen-bond acceptors (Lipinski definition) is 2. The molecule has 2 rings (SSSR count). The summed E-state index contributed by atoms with van der Waals surface area (Å²) in [4.78, 5) is 11.5. The summed E-state index contributed by atoms with van der Waals surface area (Å²) in [5.41, 5.74) is 0.581. The monoisotopic (exact) mass is 302 g/mol. The van der Waals surface area contributed by atoms with Gasteiger partial charge in [-0.05, 0) is 36.1 Å². The minimum Gasteiger partial charge on any atom is -0.387 e. The van der Waals surface area contributed by atoms with Gasteiger partial charge >= 0.3 is 6.03 Å². The topological polar surface area (TPSA) is 61.4 Å². The normalized spacial score (nSPS) is 22.7. The molecule has 3 N–H and O–H groups in total. The molecular formula is C13H16Cl2N2O2. The van der Waals surface area contributed by atoms with Crippen LogP contribution < -0.4 is 10.6 Å². The molecule has 19 heavy (non-hydrogen) atoms. The van der Waals surface area contributed by atoms with Crippen molar-refractivity contribution in [3.8, 4) is 0 Å². The van der Waals surface area contributed by atoms with E-state index in [1.165, 1.54) is 0 Å². The van der Waals surface area contributed by atoms with Crippen LogP contribution in [-0.4, -0.2) is 23.7 Å². The van der Waals surface area contributed by atoms with E-state index < -0.39 is 6.10 Å². The Morgan fingerprint density at radius 2 is 2.00 bits per heavy atom. The summed E-state index contributed by atoms with van der Waals surface area (Å²) in [5.74, 6) is 0.544. The molecule has 1 aliphatic carbocycles. The van der Waals surface area contributed by atoms with Gasteiger partial charge in [0.25, 0.3) is 0 Å². The van der Waals surface area contributed by atoms with Crippen molar-refractivity contribution >= 4 is 29.2 Å². The Hall–Kier alpha value is -0.970. The van der Waals surface area contributed by atoms with Crippen LogP contribution >= 0.6 is 23.2 Å². The number of nitrogens with one attached hydrogen (secondary N) is 2. The number of aliphatic hydroxyl groups excluding tert-OH is 1. The number of carbonyl (C=O) groups excluding carboxylic acids is 1. The summed E-state index contributed by atoms with van der Waals surface area (Å²) in [6.45, 7) is 2.19. The fourth-order valence-electron chi connectivity index (χ4n) is 1.82. The summed E-state index contributed by atoms with van der Waals surface area (Å²) in [6.07, 6.45) is 0.179. The van der Waals surface area contributed by atoms with Gasteiger partial charge in [0.15, 0.2) is 0 Å². The third-order valence-electron chi connectivity index (χ3n) is 3.15. The third kappa shape index (κ3) is 4.27. The Labute approximate surface area is 122 Å². The molecule has 0 spiro atoms. The average Bonchev–Trinajstić information content (AvgIpc) is 3.00. The second-order valence-electron chi connectivity index (χ2n) is 4.89. The van der Waals surface area contributed by atoms with Crippen LogP contribution in [0.15, 0.2) is 18.2 Å². The fraction of sp³-hybridized carbons (Fsp3) is 0.462. The van der Waals surface area contributed by atoms with E-state index in [2.05, 4.69) is 17.6 Å². The predicted molar refractivity (Wildman–Crippen MR) is 75.5 cm³/mol. The Bertz CT molecular complexity index is 461.